The van der Waals surface area contributed by atoms with Crippen LogP contribution in [0.3, 0.4) is 0 Å². The predicted octanol–water partition coefficient (Wildman–Crippen LogP) is 3.95. The molecule has 1 aromatic heterocycles. The molecule has 0 amide bonds. The summed E-state index contributed by atoms with van der Waals surface area (Å²) in [6.07, 6.45) is 1.68. The standard InChI is InChI=1S/C20H20BrN3O4/c1-20(2,26)12-28-19-6-4-16(21)8-15(19)11-24-17-5-3-13(18(25)10-23-27)7-14(17)9-22-24/h3-9,26H,10-12H2,1-2H3. The number of hydrogen-bond acceptors (Lipinski definition) is 6. The molecule has 0 unspecified atom stereocenters. The van der Waals surface area contributed by atoms with Gasteiger partial charge in [0.1, 0.15) is 18.9 Å². The molecule has 0 radical (unpaired) electrons. The van der Waals surface area contributed by atoms with Crippen LogP contribution in [-0.4, -0.2) is 39.4 Å². The number of ketones is 1. The highest BCUT2D eigenvalue weighted by Gasteiger charge is 2.16. The van der Waals surface area contributed by atoms with Gasteiger partial charge in [0, 0.05) is 21.0 Å². The molecule has 0 saturated carbocycles. The van der Waals surface area contributed by atoms with E-state index in [1.807, 2.05) is 18.2 Å². The first-order chi connectivity index (χ1) is 13.3. The van der Waals surface area contributed by atoms with Crippen LogP contribution in [0.5, 0.6) is 5.75 Å². The number of benzene rings is 2. The Bertz CT molecular complexity index is 1020. The molecule has 146 valence electrons. The van der Waals surface area contributed by atoms with E-state index in [0.717, 1.165) is 20.9 Å². The second-order valence-electron chi connectivity index (χ2n) is 7.14. The number of aliphatic hydroxyl groups is 1. The number of hydrogen-bond donors (Lipinski definition) is 1. The van der Waals surface area contributed by atoms with E-state index in [4.69, 9.17) is 4.74 Å². The van der Waals surface area contributed by atoms with Crippen LogP contribution in [0.25, 0.3) is 10.9 Å². The van der Waals surface area contributed by atoms with E-state index >= 15 is 0 Å². The third kappa shape index (κ3) is 4.82. The van der Waals surface area contributed by atoms with Crippen LogP contribution >= 0.6 is 15.9 Å². The summed E-state index contributed by atoms with van der Waals surface area (Å²) >= 11 is 3.47. The Hall–Kier alpha value is -2.58. The van der Waals surface area contributed by atoms with Crippen molar-refractivity contribution in [3.05, 3.63) is 63.1 Å². The SMILES string of the molecule is CC(C)(O)COc1ccc(Br)cc1Cn1ncc2cc(C(=O)CN=O)ccc21. The molecule has 2 aromatic carbocycles. The van der Waals surface area contributed by atoms with E-state index in [2.05, 4.69) is 26.2 Å². The first-order valence-electron chi connectivity index (χ1n) is 8.68. The number of aromatic nitrogens is 2. The Kier molecular flexibility index (Phi) is 5.90. The smallest absolute Gasteiger partial charge is 0.187 e. The molecular formula is C20H20BrN3O4. The lowest BCUT2D eigenvalue weighted by atomic mass is 10.1. The van der Waals surface area contributed by atoms with E-state index in [9.17, 15) is 14.8 Å². The normalized spacial score (nSPS) is 11.6. The van der Waals surface area contributed by atoms with E-state index < -0.39 is 5.60 Å². The second kappa shape index (κ2) is 8.20. The van der Waals surface area contributed by atoms with Gasteiger partial charge in [-0.3, -0.25) is 9.48 Å². The first-order valence-corrected chi connectivity index (χ1v) is 9.47. The van der Waals surface area contributed by atoms with Crippen LogP contribution in [0, 0.1) is 4.91 Å². The third-order valence-corrected chi connectivity index (χ3v) is 4.59. The van der Waals surface area contributed by atoms with E-state index in [-0.39, 0.29) is 18.9 Å². The number of rotatable bonds is 8. The topological polar surface area (TPSA) is 93.8 Å². The highest BCUT2D eigenvalue weighted by Crippen LogP contribution is 2.26. The molecule has 0 bridgehead atoms. The Morgan fingerprint density at radius 1 is 1.29 bits per heavy atom. The molecule has 0 aliphatic heterocycles. The van der Waals surface area contributed by atoms with Crippen LogP contribution < -0.4 is 4.74 Å². The fourth-order valence-corrected chi connectivity index (χ4v) is 3.17. The van der Waals surface area contributed by atoms with Crippen molar-refractivity contribution >= 4 is 32.6 Å². The van der Waals surface area contributed by atoms with Gasteiger partial charge in [0.15, 0.2) is 5.78 Å². The summed E-state index contributed by atoms with van der Waals surface area (Å²) in [5, 5.41) is 17.8. The molecule has 3 rings (SSSR count). The van der Waals surface area contributed by atoms with Crippen molar-refractivity contribution < 1.29 is 14.6 Å². The molecule has 1 heterocycles. The van der Waals surface area contributed by atoms with Crippen molar-refractivity contribution in [2.24, 2.45) is 5.18 Å². The van der Waals surface area contributed by atoms with Crippen molar-refractivity contribution in [3.8, 4) is 5.75 Å². The van der Waals surface area contributed by atoms with Crippen molar-refractivity contribution in [1.82, 2.24) is 9.78 Å². The molecule has 0 spiro atoms. The minimum Gasteiger partial charge on any atom is -0.490 e. The molecule has 0 aliphatic rings. The zero-order valence-electron chi connectivity index (χ0n) is 15.6. The lowest BCUT2D eigenvalue weighted by molar-refractivity contribution is 0.0281. The molecule has 0 fully saturated rings. The summed E-state index contributed by atoms with van der Waals surface area (Å²) in [7, 11) is 0. The summed E-state index contributed by atoms with van der Waals surface area (Å²) in [5.41, 5.74) is 1.24. The first kappa shape index (κ1) is 20.2. The molecule has 3 aromatic rings. The summed E-state index contributed by atoms with van der Waals surface area (Å²) < 4.78 is 8.51. The molecule has 0 aliphatic carbocycles. The number of ether oxygens (including phenoxy) is 1. The maximum atomic E-state index is 11.9. The number of Topliss-reactive ketones (excluding diaryl/α,β-unsaturated/α-hetero) is 1. The highest BCUT2D eigenvalue weighted by atomic mass is 79.9. The Labute approximate surface area is 170 Å². The Morgan fingerprint density at radius 3 is 2.79 bits per heavy atom. The summed E-state index contributed by atoms with van der Waals surface area (Å²) in [5.74, 6) is 0.344. The fraction of sp³-hybridized carbons (Fsp3) is 0.300. The molecule has 1 N–H and O–H groups in total. The van der Waals surface area contributed by atoms with Crippen LogP contribution in [0.1, 0.15) is 29.8 Å². The van der Waals surface area contributed by atoms with Crippen LogP contribution in [0.4, 0.5) is 0 Å². The van der Waals surface area contributed by atoms with E-state index in [0.29, 0.717) is 17.9 Å². The van der Waals surface area contributed by atoms with Crippen LogP contribution in [-0.2, 0) is 6.54 Å². The molecule has 0 saturated heterocycles. The maximum Gasteiger partial charge on any atom is 0.187 e. The minimum absolute atomic E-state index is 0.164. The zero-order chi connectivity index (χ0) is 20.3. The monoisotopic (exact) mass is 445 g/mol. The zero-order valence-corrected chi connectivity index (χ0v) is 17.1. The number of nitrogens with zero attached hydrogens (tertiary/aromatic N) is 3. The molecule has 8 heteroatoms. The largest absolute Gasteiger partial charge is 0.490 e. The van der Waals surface area contributed by atoms with Crippen molar-refractivity contribution in [3.63, 3.8) is 0 Å². The molecular weight excluding hydrogens is 426 g/mol. The van der Waals surface area contributed by atoms with Gasteiger partial charge in [-0.2, -0.15) is 10.0 Å². The molecule has 0 atom stereocenters. The number of carbonyl (C=O) groups excluding carboxylic acids is 1. The maximum absolute atomic E-state index is 11.9. The van der Waals surface area contributed by atoms with Crippen LogP contribution in [0.2, 0.25) is 0 Å². The van der Waals surface area contributed by atoms with Gasteiger partial charge >= 0.3 is 0 Å². The lowest BCUT2D eigenvalue weighted by Gasteiger charge is -2.19. The van der Waals surface area contributed by atoms with Gasteiger partial charge in [-0.25, -0.2) is 0 Å². The van der Waals surface area contributed by atoms with Gasteiger partial charge in [0.2, 0.25) is 0 Å². The summed E-state index contributed by atoms with van der Waals surface area (Å²) in [6, 6.07) is 10.8. The quantitative estimate of drug-likeness (QED) is 0.418. The fourth-order valence-electron chi connectivity index (χ4n) is 2.76. The predicted molar refractivity (Wildman–Crippen MR) is 110 cm³/mol. The van der Waals surface area contributed by atoms with Gasteiger partial charge in [0.25, 0.3) is 0 Å². The lowest BCUT2D eigenvalue weighted by Crippen LogP contribution is -2.28. The molecule has 28 heavy (non-hydrogen) atoms. The average Bonchev–Trinajstić information content (AvgIpc) is 3.02. The van der Waals surface area contributed by atoms with Crippen molar-refractivity contribution in [2.75, 3.05) is 13.2 Å². The van der Waals surface area contributed by atoms with Crippen LogP contribution in [0.15, 0.2) is 52.2 Å². The number of carbonyl (C=O) groups is 1. The van der Waals surface area contributed by atoms with Gasteiger partial charge in [0.05, 0.1) is 23.9 Å². The van der Waals surface area contributed by atoms with Gasteiger partial charge in [-0.15, -0.1) is 0 Å². The van der Waals surface area contributed by atoms with Crippen molar-refractivity contribution in [2.45, 2.75) is 26.0 Å². The Balaban J connectivity index is 1.89. The molecule has 7 nitrogen and oxygen atoms in total. The second-order valence-corrected chi connectivity index (χ2v) is 8.06. The van der Waals surface area contributed by atoms with Gasteiger partial charge in [-0.1, -0.05) is 21.1 Å². The Morgan fingerprint density at radius 2 is 2.07 bits per heavy atom. The number of nitroso groups, excluding NO2 is 1. The minimum atomic E-state index is -0.942. The van der Waals surface area contributed by atoms with E-state index in [1.165, 1.54) is 0 Å². The van der Waals surface area contributed by atoms with Gasteiger partial charge < -0.3 is 9.84 Å². The summed E-state index contributed by atoms with van der Waals surface area (Å²) in [4.78, 5) is 22.2. The van der Waals surface area contributed by atoms with Gasteiger partial charge in [-0.05, 0) is 50.2 Å². The average molecular weight is 446 g/mol. The summed E-state index contributed by atoms with van der Waals surface area (Å²) in [6.45, 7) is 3.61. The third-order valence-electron chi connectivity index (χ3n) is 4.10. The van der Waals surface area contributed by atoms with E-state index in [1.54, 1.807) is 42.9 Å². The highest BCUT2D eigenvalue weighted by molar-refractivity contribution is 9.10. The number of halogens is 1. The van der Waals surface area contributed by atoms with Crippen molar-refractivity contribution in [1.29, 1.82) is 0 Å². The number of fused-ring (bicyclic) bond motifs is 1.